The van der Waals surface area contributed by atoms with Gasteiger partial charge in [-0.3, -0.25) is 0 Å². The van der Waals surface area contributed by atoms with Gasteiger partial charge in [-0.25, -0.2) is 9.13 Å². The molecule has 4 nitrogen and oxygen atoms in total. The van der Waals surface area contributed by atoms with E-state index in [1.807, 2.05) is 50.5 Å². The zero-order valence-electron chi connectivity index (χ0n) is 13.6. The van der Waals surface area contributed by atoms with E-state index in [2.05, 4.69) is 21.5 Å². The molecule has 0 N–H and O–H groups in total. The van der Waals surface area contributed by atoms with Crippen LogP contribution in [0.2, 0.25) is 0 Å². The number of nitrogens with zero attached hydrogens (tertiary/aromatic N) is 2. The molecule has 23 heavy (non-hydrogen) atoms. The molecule has 0 saturated carbocycles. The van der Waals surface area contributed by atoms with Crippen LogP contribution >= 0.6 is 0 Å². The van der Waals surface area contributed by atoms with Crippen molar-refractivity contribution in [3.8, 4) is 11.5 Å². The van der Waals surface area contributed by atoms with Crippen molar-refractivity contribution in [2.75, 3.05) is 13.2 Å². The fraction of sp³-hybridized carbons (Fsp3) is 0.412. The summed E-state index contributed by atoms with van der Waals surface area (Å²) in [7, 11) is 0. The molecule has 0 atom stereocenters. The third-order valence-corrected chi connectivity index (χ3v) is 3.12. The lowest BCUT2D eigenvalue weighted by molar-refractivity contribution is -0.727. The molecule has 0 radical (unpaired) electrons. The normalized spacial score (nSPS) is 9.48. The Morgan fingerprint density at radius 3 is 1.61 bits per heavy atom. The molecule has 2 aromatic rings. The first-order chi connectivity index (χ1) is 10.3. The summed E-state index contributed by atoms with van der Waals surface area (Å²) >= 11 is 0. The van der Waals surface area contributed by atoms with E-state index in [1.54, 1.807) is 0 Å². The summed E-state index contributed by atoms with van der Waals surface area (Å²) in [5.74, 6) is 1.84. The highest BCUT2D eigenvalue weighted by atomic mass is 127. The average Bonchev–Trinajstić information content (AvgIpc) is 2.49. The lowest BCUT2D eigenvalue weighted by Crippen LogP contribution is -3.00. The Kier molecular flexibility index (Phi) is 12.4. The summed E-state index contributed by atoms with van der Waals surface area (Å²) in [5.41, 5.74) is 0. The van der Waals surface area contributed by atoms with Crippen LogP contribution in [0.4, 0.5) is 0 Å². The van der Waals surface area contributed by atoms with E-state index < -0.39 is 0 Å². The zero-order valence-corrected chi connectivity index (χ0v) is 17.9. The van der Waals surface area contributed by atoms with Crippen molar-refractivity contribution in [1.29, 1.82) is 0 Å². The van der Waals surface area contributed by atoms with Crippen molar-refractivity contribution in [3.63, 3.8) is 0 Å². The van der Waals surface area contributed by atoms with E-state index >= 15 is 0 Å². The van der Waals surface area contributed by atoms with Crippen LogP contribution in [0.3, 0.4) is 0 Å². The van der Waals surface area contributed by atoms with Crippen LogP contribution in [-0.4, -0.2) is 13.2 Å². The number of rotatable bonds is 8. The number of hydrogen-bond acceptors (Lipinski definition) is 2. The second kappa shape index (κ2) is 12.7. The topological polar surface area (TPSA) is 26.2 Å². The highest BCUT2D eigenvalue weighted by molar-refractivity contribution is 5.12. The van der Waals surface area contributed by atoms with E-state index in [0.29, 0.717) is 13.2 Å². The smallest absolute Gasteiger partial charge is 0.211 e. The minimum Gasteiger partial charge on any atom is -1.00 e. The van der Waals surface area contributed by atoms with Gasteiger partial charge in [-0.05, 0) is 26.0 Å². The fourth-order valence-corrected chi connectivity index (χ4v) is 2.21. The molecule has 0 saturated heterocycles. The molecule has 0 aliphatic heterocycles. The number of pyridine rings is 2. The maximum Gasteiger partial charge on any atom is 0.211 e. The van der Waals surface area contributed by atoms with Gasteiger partial charge in [-0.2, -0.15) is 0 Å². The minimum atomic E-state index is 0. The molecule has 0 aliphatic rings. The molecule has 0 bridgehead atoms. The van der Waals surface area contributed by atoms with Gasteiger partial charge >= 0.3 is 0 Å². The maximum absolute atomic E-state index is 5.51. The standard InChI is InChI=1S/C17H24N2O2.2HI/c1-3-20-16-8-5-10-18(14-16)12-7-13-19-11-6-9-17(15-19)21-4-2;;/h5-6,8-11,14-15H,3-4,7,12-13H2,1-2H3;2*1H/q+2;;/p-2. The van der Waals surface area contributed by atoms with Gasteiger partial charge < -0.3 is 57.4 Å². The van der Waals surface area contributed by atoms with Crippen LogP contribution in [0.25, 0.3) is 0 Å². The summed E-state index contributed by atoms with van der Waals surface area (Å²) in [4.78, 5) is 0. The zero-order chi connectivity index (χ0) is 14.9. The van der Waals surface area contributed by atoms with Gasteiger partial charge in [-0.15, -0.1) is 0 Å². The van der Waals surface area contributed by atoms with Crippen molar-refractivity contribution in [3.05, 3.63) is 49.1 Å². The first-order valence-corrected chi connectivity index (χ1v) is 7.55. The lowest BCUT2D eigenvalue weighted by Gasteiger charge is -2.02. The van der Waals surface area contributed by atoms with Gasteiger partial charge in [0.2, 0.25) is 12.4 Å². The molecule has 2 aromatic heterocycles. The summed E-state index contributed by atoms with van der Waals surface area (Å²) < 4.78 is 15.4. The van der Waals surface area contributed by atoms with Gasteiger partial charge in [0.25, 0.3) is 0 Å². The SMILES string of the molecule is CCOc1ccc[n+](CCC[n+]2cccc(OCC)c2)c1.[I-].[I-]. The molecule has 2 heterocycles. The van der Waals surface area contributed by atoms with Crippen LogP contribution in [0.1, 0.15) is 20.3 Å². The quantitative estimate of drug-likeness (QED) is 0.253. The molecule has 0 fully saturated rings. The van der Waals surface area contributed by atoms with Crippen LogP contribution < -0.4 is 66.6 Å². The largest absolute Gasteiger partial charge is 1.00 e. The third-order valence-electron chi connectivity index (χ3n) is 3.12. The predicted octanol–water partition coefficient (Wildman–Crippen LogP) is -3.84. The molecule has 0 aliphatic carbocycles. The van der Waals surface area contributed by atoms with E-state index in [-0.39, 0.29) is 48.0 Å². The van der Waals surface area contributed by atoms with E-state index in [4.69, 9.17) is 9.47 Å². The molecule has 2 rings (SSSR count). The van der Waals surface area contributed by atoms with Gasteiger partial charge in [0.1, 0.15) is 0 Å². The number of hydrogen-bond donors (Lipinski definition) is 0. The first-order valence-electron chi connectivity index (χ1n) is 7.55. The van der Waals surface area contributed by atoms with Crippen LogP contribution in [0, 0.1) is 0 Å². The fourth-order valence-electron chi connectivity index (χ4n) is 2.21. The Balaban J connectivity index is 0.00000242. The van der Waals surface area contributed by atoms with Crippen LogP contribution in [0.15, 0.2) is 49.1 Å². The molecule has 0 aromatic carbocycles. The first kappa shape index (κ1) is 22.4. The van der Waals surface area contributed by atoms with Crippen LogP contribution in [0.5, 0.6) is 11.5 Å². The second-order valence-electron chi connectivity index (χ2n) is 4.77. The minimum absolute atomic E-state index is 0. The van der Waals surface area contributed by atoms with Crippen LogP contribution in [-0.2, 0) is 13.1 Å². The Labute approximate surface area is 172 Å². The molecule has 0 unspecified atom stereocenters. The summed E-state index contributed by atoms with van der Waals surface area (Å²) in [5, 5.41) is 0. The van der Waals surface area contributed by atoms with E-state index in [0.717, 1.165) is 31.0 Å². The Hall–Kier alpha value is -0.640. The maximum atomic E-state index is 5.51. The third kappa shape index (κ3) is 8.14. The highest BCUT2D eigenvalue weighted by Gasteiger charge is 2.07. The van der Waals surface area contributed by atoms with Crippen molar-refractivity contribution in [2.24, 2.45) is 0 Å². The predicted molar refractivity (Wildman–Crippen MR) is 80.2 cm³/mol. The van der Waals surface area contributed by atoms with Crippen molar-refractivity contribution in [2.45, 2.75) is 33.4 Å². The summed E-state index contributed by atoms with van der Waals surface area (Å²) in [6.07, 6.45) is 9.30. The number of ether oxygens (including phenoxy) is 2. The lowest BCUT2D eigenvalue weighted by atomic mass is 10.3. The number of aryl methyl sites for hydroxylation is 2. The van der Waals surface area contributed by atoms with E-state index in [9.17, 15) is 0 Å². The van der Waals surface area contributed by atoms with Gasteiger partial charge in [-0.1, -0.05) is 0 Å². The molecule has 0 amide bonds. The van der Waals surface area contributed by atoms with Crippen molar-refractivity contribution in [1.82, 2.24) is 0 Å². The highest BCUT2D eigenvalue weighted by Crippen LogP contribution is 2.06. The van der Waals surface area contributed by atoms with Gasteiger partial charge in [0.15, 0.2) is 37.0 Å². The second-order valence-corrected chi connectivity index (χ2v) is 4.77. The average molecular weight is 542 g/mol. The molecule has 6 heteroatoms. The summed E-state index contributed by atoms with van der Waals surface area (Å²) in [6.45, 7) is 7.33. The Bertz CT molecular complexity index is 518. The Morgan fingerprint density at radius 1 is 0.783 bits per heavy atom. The number of halogens is 2. The molecule has 128 valence electrons. The van der Waals surface area contributed by atoms with Crippen molar-refractivity contribution < 1.29 is 66.6 Å². The van der Waals surface area contributed by atoms with Gasteiger partial charge in [0.05, 0.1) is 19.6 Å². The monoisotopic (exact) mass is 542 g/mol. The molecular formula is C17H24I2N2O2. The summed E-state index contributed by atoms with van der Waals surface area (Å²) in [6, 6.07) is 8.02. The van der Waals surface area contributed by atoms with Gasteiger partial charge in [0, 0.05) is 12.1 Å². The molecular weight excluding hydrogens is 518 g/mol. The molecule has 0 spiro atoms. The van der Waals surface area contributed by atoms with Crippen molar-refractivity contribution >= 4 is 0 Å². The van der Waals surface area contributed by atoms with E-state index in [1.165, 1.54) is 0 Å². The Morgan fingerprint density at radius 2 is 1.22 bits per heavy atom. The number of aromatic nitrogens is 2.